The van der Waals surface area contributed by atoms with E-state index in [1.807, 2.05) is 0 Å². The average molecular weight is 286 g/mol. The molecule has 2 N–H and O–H groups in total. The zero-order valence-corrected chi connectivity index (χ0v) is 11.6. The van der Waals surface area contributed by atoms with Crippen molar-refractivity contribution in [2.24, 2.45) is 17.0 Å². The number of primary sulfonamides is 1. The SMILES string of the molecule is COCCn1c(C2C3CCCC32)nnc1S(N)(=O)=O. The molecule has 2 saturated carbocycles. The van der Waals surface area contributed by atoms with Crippen LogP contribution in [0, 0.1) is 11.8 Å². The number of ether oxygens (including phenoxy) is 1. The van der Waals surface area contributed by atoms with Crippen LogP contribution in [0.3, 0.4) is 0 Å². The average Bonchev–Trinajstić information content (AvgIpc) is 2.78. The summed E-state index contributed by atoms with van der Waals surface area (Å²) in [5.41, 5.74) is 0. The number of aromatic nitrogens is 3. The van der Waals surface area contributed by atoms with Gasteiger partial charge in [0.1, 0.15) is 5.82 Å². The van der Waals surface area contributed by atoms with Gasteiger partial charge in [0.15, 0.2) is 0 Å². The molecule has 1 aromatic heterocycles. The van der Waals surface area contributed by atoms with Crippen LogP contribution in [0.2, 0.25) is 0 Å². The molecular weight excluding hydrogens is 268 g/mol. The van der Waals surface area contributed by atoms with Crippen molar-refractivity contribution < 1.29 is 13.2 Å². The monoisotopic (exact) mass is 286 g/mol. The Labute approximate surface area is 112 Å². The first-order chi connectivity index (χ1) is 9.04. The van der Waals surface area contributed by atoms with E-state index < -0.39 is 10.0 Å². The van der Waals surface area contributed by atoms with E-state index in [0.717, 1.165) is 5.82 Å². The number of fused-ring (bicyclic) bond motifs is 1. The third-order valence-corrected chi connectivity index (χ3v) is 5.03. The number of nitrogens with zero attached hydrogens (tertiary/aromatic N) is 3. The van der Waals surface area contributed by atoms with E-state index in [2.05, 4.69) is 10.2 Å². The highest BCUT2D eigenvalue weighted by molar-refractivity contribution is 7.89. The quantitative estimate of drug-likeness (QED) is 0.826. The van der Waals surface area contributed by atoms with Crippen LogP contribution < -0.4 is 5.14 Å². The maximum Gasteiger partial charge on any atom is 0.273 e. The molecule has 0 saturated heterocycles. The molecule has 2 aliphatic rings. The summed E-state index contributed by atoms with van der Waals surface area (Å²) in [5.74, 6) is 2.42. The molecule has 0 bridgehead atoms. The van der Waals surface area contributed by atoms with Crippen molar-refractivity contribution in [1.82, 2.24) is 14.8 Å². The van der Waals surface area contributed by atoms with Gasteiger partial charge in [0, 0.05) is 19.6 Å². The van der Waals surface area contributed by atoms with E-state index in [9.17, 15) is 8.42 Å². The van der Waals surface area contributed by atoms with Crippen LogP contribution in [-0.2, 0) is 21.3 Å². The zero-order valence-electron chi connectivity index (χ0n) is 10.8. The number of hydrogen-bond donors (Lipinski definition) is 1. The second-order valence-corrected chi connectivity index (χ2v) is 6.77. The molecule has 3 rings (SSSR count). The Bertz CT molecular complexity index is 573. The fraction of sp³-hybridized carbons (Fsp3) is 0.818. The lowest BCUT2D eigenvalue weighted by atomic mass is 10.1. The van der Waals surface area contributed by atoms with Gasteiger partial charge in [0.2, 0.25) is 0 Å². The predicted molar refractivity (Wildman–Crippen MR) is 66.8 cm³/mol. The lowest BCUT2D eigenvalue weighted by molar-refractivity contribution is 0.183. The lowest BCUT2D eigenvalue weighted by Crippen LogP contribution is -2.21. The number of nitrogens with two attached hydrogens (primary N) is 1. The first-order valence-corrected chi connectivity index (χ1v) is 8.03. The smallest absolute Gasteiger partial charge is 0.273 e. The predicted octanol–water partition coefficient (Wildman–Crippen LogP) is 0.0854. The largest absolute Gasteiger partial charge is 0.383 e. The highest BCUT2D eigenvalue weighted by atomic mass is 32.2. The summed E-state index contributed by atoms with van der Waals surface area (Å²) >= 11 is 0. The molecule has 8 heteroatoms. The molecule has 1 aromatic rings. The maximum absolute atomic E-state index is 11.5. The van der Waals surface area contributed by atoms with E-state index in [4.69, 9.17) is 9.88 Å². The molecular formula is C11H18N4O3S. The van der Waals surface area contributed by atoms with Crippen molar-refractivity contribution in [2.75, 3.05) is 13.7 Å². The van der Waals surface area contributed by atoms with Gasteiger partial charge in [-0.05, 0) is 24.7 Å². The van der Waals surface area contributed by atoms with Gasteiger partial charge >= 0.3 is 0 Å². The Morgan fingerprint density at radius 3 is 2.63 bits per heavy atom. The maximum atomic E-state index is 11.5. The van der Waals surface area contributed by atoms with E-state index in [-0.39, 0.29) is 5.16 Å². The summed E-state index contributed by atoms with van der Waals surface area (Å²) in [5, 5.41) is 12.9. The van der Waals surface area contributed by atoms with Crippen LogP contribution in [0.1, 0.15) is 31.0 Å². The van der Waals surface area contributed by atoms with Crippen molar-refractivity contribution in [3.8, 4) is 0 Å². The minimum absolute atomic E-state index is 0.149. The molecule has 1 heterocycles. The molecule has 19 heavy (non-hydrogen) atoms. The van der Waals surface area contributed by atoms with Gasteiger partial charge in [0.05, 0.1) is 6.61 Å². The topological polar surface area (TPSA) is 100 Å². The molecule has 0 aliphatic heterocycles. The standard InChI is InChI=1S/C11H18N4O3S/c1-18-6-5-15-10(9-7-3-2-4-8(7)9)13-14-11(15)19(12,16)17/h7-9H,2-6H2,1H3,(H2,12,16,17). The van der Waals surface area contributed by atoms with Crippen molar-refractivity contribution >= 4 is 10.0 Å². The van der Waals surface area contributed by atoms with E-state index in [0.29, 0.717) is 30.9 Å². The summed E-state index contributed by atoms with van der Waals surface area (Å²) in [4.78, 5) is 0. The zero-order chi connectivity index (χ0) is 13.6. The molecule has 0 radical (unpaired) electrons. The first-order valence-electron chi connectivity index (χ1n) is 6.49. The Morgan fingerprint density at radius 2 is 2.05 bits per heavy atom. The summed E-state index contributed by atoms with van der Waals surface area (Å²) in [6.07, 6.45) is 3.68. The molecule has 0 amide bonds. The van der Waals surface area contributed by atoms with Gasteiger partial charge < -0.3 is 4.74 Å². The van der Waals surface area contributed by atoms with Gasteiger partial charge in [-0.2, -0.15) is 0 Å². The van der Waals surface area contributed by atoms with Crippen LogP contribution >= 0.6 is 0 Å². The Morgan fingerprint density at radius 1 is 1.37 bits per heavy atom. The fourth-order valence-electron chi connectivity index (χ4n) is 3.35. The minimum atomic E-state index is -3.84. The Hall–Kier alpha value is -0.990. The van der Waals surface area contributed by atoms with Gasteiger partial charge in [-0.3, -0.25) is 4.57 Å². The van der Waals surface area contributed by atoms with Crippen LogP contribution in [0.4, 0.5) is 0 Å². The molecule has 7 nitrogen and oxygen atoms in total. The summed E-state index contributed by atoms with van der Waals surface area (Å²) < 4.78 is 29.7. The molecule has 2 atom stereocenters. The van der Waals surface area contributed by atoms with Gasteiger partial charge in [0.25, 0.3) is 15.2 Å². The normalized spacial score (nSPS) is 29.5. The van der Waals surface area contributed by atoms with E-state index in [1.54, 1.807) is 11.7 Å². The highest BCUT2D eigenvalue weighted by Gasteiger charge is 2.55. The Kier molecular flexibility index (Phi) is 3.11. The van der Waals surface area contributed by atoms with E-state index >= 15 is 0 Å². The third kappa shape index (κ3) is 2.17. The fourth-order valence-corrected chi connectivity index (χ4v) is 4.00. The first kappa shape index (κ1) is 13.0. The van der Waals surface area contributed by atoms with Crippen LogP contribution in [0.5, 0.6) is 0 Å². The van der Waals surface area contributed by atoms with Crippen molar-refractivity contribution in [3.05, 3.63) is 5.82 Å². The second kappa shape index (κ2) is 4.53. The third-order valence-electron chi connectivity index (χ3n) is 4.22. The van der Waals surface area contributed by atoms with Crippen LogP contribution in [0.25, 0.3) is 0 Å². The molecule has 0 aromatic carbocycles. The molecule has 2 aliphatic carbocycles. The molecule has 2 unspecified atom stereocenters. The van der Waals surface area contributed by atoms with E-state index in [1.165, 1.54) is 19.3 Å². The number of sulfonamides is 1. The summed E-state index contributed by atoms with van der Waals surface area (Å²) in [6, 6.07) is 0. The van der Waals surface area contributed by atoms with Crippen molar-refractivity contribution in [1.29, 1.82) is 0 Å². The van der Waals surface area contributed by atoms with Gasteiger partial charge in [-0.15, -0.1) is 10.2 Å². The number of methoxy groups -OCH3 is 1. The van der Waals surface area contributed by atoms with Gasteiger partial charge in [-0.25, -0.2) is 13.6 Å². The molecule has 106 valence electrons. The lowest BCUT2D eigenvalue weighted by Gasteiger charge is -2.09. The van der Waals surface area contributed by atoms with Crippen molar-refractivity contribution in [3.63, 3.8) is 0 Å². The van der Waals surface area contributed by atoms with Crippen LogP contribution in [-0.4, -0.2) is 36.9 Å². The molecule has 2 fully saturated rings. The Balaban J connectivity index is 1.93. The van der Waals surface area contributed by atoms with Crippen molar-refractivity contribution in [2.45, 2.75) is 36.9 Å². The number of rotatable bonds is 5. The van der Waals surface area contributed by atoms with Gasteiger partial charge in [-0.1, -0.05) is 6.42 Å². The minimum Gasteiger partial charge on any atom is -0.383 e. The number of hydrogen-bond acceptors (Lipinski definition) is 5. The summed E-state index contributed by atoms with van der Waals surface area (Å²) in [7, 11) is -2.26. The summed E-state index contributed by atoms with van der Waals surface area (Å²) in [6.45, 7) is 0.830. The van der Waals surface area contributed by atoms with Crippen LogP contribution in [0.15, 0.2) is 5.16 Å². The highest BCUT2D eigenvalue weighted by Crippen LogP contribution is 2.62. The molecule has 0 spiro atoms. The second-order valence-electron chi connectivity index (χ2n) is 5.31.